The van der Waals surface area contributed by atoms with Gasteiger partial charge in [0.2, 0.25) is 53.2 Å². The smallest absolute Gasteiger partial charge is 0.303 e. The van der Waals surface area contributed by atoms with E-state index in [-0.39, 0.29) is 73.6 Å². The van der Waals surface area contributed by atoms with E-state index in [0.717, 1.165) is 21.6 Å². The van der Waals surface area contributed by atoms with Gasteiger partial charge in [-0.3, -0.25) is 47.9 Å². The molecule has 87 heavy (non-hydrogen) atoms. The number of anilines is 1. The van der Waals surface area contributed by atoms with Crippen molar-refractivity contribution < 1.29 is 68.4 Å². The predicted octanol–water partition coefficient (Wildman–Crippen LogP) is -0.347. The molecular weight excluding hydrogens is 1190 g/mol. The van der Waals surface area contributed by atoms with E-state index in [2.05, 4.69) is 42.5 Å². The number of aliphatic hydroxyl groups excluding tert-OH is 1. The molecule has 0 aromatic heterocycles. The molecule has 0 bridgehead atoms. The standard InChI is InChI=1S/C58H75ClN12O14S2/c1-31(72)49-58(85)70-47(56(83)66-43(50(63)77)26-34-10-18-38(73)19-11-34)30-87-86-29-46(69-52(79)41(62)25-32-6-14-36(59)15-7-32)57(84)68-45(28-35-12-20-39(74)21-13-35)55(82)67-44(54(81)65-42(53(80)71-49)5-3-2-4-24-60)27-33-8-16-37(17-9-33)64-51(78)40(61)22-23-48(75)76/h6-21,31,40-47,49,72-74H,2-5,22-30,60-62H2,1H3,(H2,63,77)(H,64,78)(H,65,81)(H,66,83)(H,67,82)(H,68,84)(H,69,79)(H,70,85)(H,71,80)(H,75,76)/t31-,40+,41+,42+,43-,44-,45+,46-,47+,49+/m1/s1. The molecule has 10 atom stereocenters. The number of amides is 9. The van der Waals surface area contributed by atoms with Crippen molar-refractivity contribution in [3.8, 4) is 11.5 Å². The van der Waals surface area contributed by atoms with Gasteiger partial charge in [0.25, 0.3) is 0 Å². The molecule has 1 aliphatic heterocycles. The number of benzene rings is 4. The number of hydrogen-bond donors (Lipinski definition) is 16. The highest BCUT2D eigenvalue weighted by Gasteiger charge is 2.37. The number of unbranched alkanes of at least 4 members (excludes halogenated alkanes) is 2. The lowest BCUT2D eigenvalue weighted by atomic mass is 10.0. The summed E-state index contributed by atoms with van der Waals surface area (Å²) in [6.45, 7) is 1.50. The van der Waals surface area contributed by atoms with Crippen LogP contribution in [0.3, 0.4) is 0 Å². The van der Waals surface area contributed by atoms with Crippen LogP contribution in [0.15, 0.2) is 97.1 Å². The van der Waals surface area contributed by atoms with Gasteiger partial charge in [-0.2, -0.15) is 0 Å². The number of halogens is 1. The van der Waals surface area contributed by atoms with Crippen LogP contribution in [0.25, 0.3) is 0 Å². The number of phenols is 2. The Balaban J connectivity index is 1.58. The van der Waals surface area contributed by atoms with E-state index in [1.165, 1.54) is 79.7 Å². The molecule has 29 heteroatoms. The summed E-state index contributed by atoms with van der Waals surface area (Å²) in [5, 5.41) is 61.6. The number of rotatable bonds is 24. The Hall–Kier alpha value is -7.99. The Morgan fingerprint density at radius 1 is 0.632 bits per heavy atom. The number of hydrogen-bond acceptors (Lipinski definition) is 18. The molecule has 0 radical (unpaired) electrons. The lowest BCUT2D eigenvalue weighted by molar-refractivity contribution is -0.137. The van der Waals surface area contributed by atoms with Gasteiger partial charge in [-0.25, -0.2) is 0 Å². The zero-order valence-corrected chi connectivity index (χ0v) is 50.0. The first-order valence-corrected chi connectivity index (χ1v) is 30.7. The van der Waals surface area contributed by atoms with Gasteiger partial charge in [-0.15, -0.1) is 0 Å². The molecule has 1 fully saturated rings. The highest BCUT2D eigenvalue weighted by atomic mass is 35.5. The van der Waals surface area contributed by atoms with Crippen molar-refractivity contribution in [1.29, 1.82) is 0 Å². The van der Waals surface area contributed by atoms with Crippen LogP contribution in [-0.2, 0) is 73.6 Å². The van der Waals surface area contributed by atoms with E-state index in [4.69, 9.17) is 39.6 Å². The number of nitrogens with two attached hydrogens (primary N) is 4. The number of aliphatic hydroxyl groups is 1. The SMILES string of the molecule is C[C@@H](O)[C@@H]1NC(=O)[C@H](CCCCCN)NC(=O)[C@@H](Cc2ccc(NC(=O)[C@@H](N)CCC(=O)O)cc2)NC(=O)[C@H](Cc2ccc(O)cc2)NC(=O)[C@H](NC(=O)[C@@H](N)Cc2ccc(Cl)cc2)CSSC[C@@H](C(=O)N[C@H](Cc2ccc(O)cc2)C(N)=O)NC1=O. The molecule has 4 aromatic rings. The van der Waals surface area contributed by atoms with Crippen LogP contribution in [0.1, 0.15) is 67.7 Å². The van der Waals surface area contributed by atoms with Crippen LogP contribution < -0.4 is 65.5 Å². The van der Waals surface area contributed by atoms with E-state index < -0.39 is 120 Å². The maximum absolute atomic E-state index is 14.9. The summed E-state index contributed by atoms with van der Waals surface area (Å²) in [7, 11) is 1.87. The van der Waals surface area contributed by atoms with Gasteiger partial charge in [0, 0.05) is 47.9 Å². The summed E-state index contributed by atoms with van der Waals surface area (Å²) in [5.41, 5.74) is 26.0. The first-order valence-electron chi connectivity index (χ1n) is 27.9. The lowest BCUT2D eigenvalue weighted by Gasteiger charge is -2.29. The van der Waals surface area contributed by atoms with Crippen LogP contribution in [0.2, 0.25) is 5.02 Å². The first-order chi connectivity index (χ1) is 41.4. The number of carbonyl (C=O) groups is 10. The number of carbonyl (C=O) groups excluding carboxylic acids is 9. The van der Waals surface area contributed by atoms with Crippen molar-refractivity contribution in [1.82, 2.24) is 37.2 Å². The van der Waals surface area contributed by atoms with Crippen molar-refractivity contribution >= 4 is 98.0 Å². The topological polar surface area (TPSA) is 452 Å². The van der Waals surface area contributed by atoms with Gasteiger partial charge in [0.05, 0.1) is 18.2 Å². The van der Waals surface area contributed by atoms with E-state index in [1.807, 2.05) is 0 Å². The molecule has 0 spiro atoms. The first kappa shape index (κ1) is 69.8. The summed E-state index contributed by atoms with van der Waals surface area (Å²) in [5.74, 6) is -10.1. The summed E-state index contributed by atoms with van der Waals surface area (Å²) in [6, 6.07) is 10.8. The highest BCUT2D eigenvalue weighted by molar-refractivity contribution is 8.76. The average molecular weight is 1260 g/mol. The summed E-state index contributed by atoms with van der Waals surface area (Å²) >= 11 is 6.08. The van der Waals surface area contributed by atoms with Gasteiger partial charge in [-0.1, -0.05) is 94.6 Å². The Bertz CT molecular complexity index is 3000. The zero-order chi connectivity index (χ0) is 63.7. The van der Waals surface area contributed by atoms with Gasteiger partial charge in [0.15, 0.2) is 0 Å². The number of nitrogens with one attached hydrogen (secondary N) is 8. The molecule has 9 amide bonds. The van der Waals surface area contributed by atoms with Gasteiger partial charge in [0.1, 0.15) is 53.8 Å². The molecule has 20 N–H and O–H groups in total. The van der Waals surface area contributed by atoms with Crippen molar-refractivity contribution in [3.63, 3.8) is 0 Å². The number of aliphatic carboxylic acids is 1. The largest absolute Gasteiger partial charge is 0.508 e. The molecule has 26 nitrogen and oxygen atoms in total. The summed E-state index contributed by atoms with van der Waals surface area (Å²) in [6.07, 6.45) is -1.54. The number of phenolic OH excluding ortho intramolecular Hbond substituents is 2. The second kappa shape index (κ2) is 35.0. The molecule has 1 heterocycles. The minimum Gasteiger partial charge on any atom is -0.508 e. The number of aromatic hydroxyl groups is 2. The fourth-order valence-corrected chi connectivity index (χ4v) is 11.2. The van der Waals surface area contributed by atoms with Crippen LogP contribution in [0.4, 0.5) is 5.69 Å². The molecule has 0 aliphatic carbocycles. The highest BCUT2D eigenvalue weighted by Crippen LogP contribution is 2.25. The van der Waals surface area contributed by atoms with Crippen molar-refractivity contribution in [2.75, 3.05) is 23.4 Å². The predicted molar refractivity (Wildman–Crippen MR) is 327 cm³/mol. The zero-order valence-electron chi connectivity index (χ0n) is 47.6. The van der Waals surface area contributed by atoms with Crippen molar-refractivity contribution in [2.45, 2.75) is 132 Å². The molecular formula is C58H75ClN12O14S2. The molecule has 1 saturated heterocycles. The monoisotopic (exact) mass is 1260 g/mol. The third-order valence-corrected chi connectivity index (χ3v) is 16.4. The molecule has 4 aromatic carbocycles. The maximum atomic E-state index is 14.9. The summed E-state index contributed by atoms with van der Waals surface area (Å²) < 4.78 is 0. The van der Waals surface area contributed by atoms with Crippen LogP contribution in [0.5, 0.6) is 11.5 Å². The van der Waals surface area contributed by atoms with Crippen LogP contribution in [-0.4, -0.2) is 158 Å². The fourth-order valence-electron chi connectivity index (χ4n) is 8.77. The molecule has 1 aliphatic rings. The van der Waals surface area contributed by atoms with Gasteiger partial charge < -0.3 is 85.9 Å². The third kappa shape index (κ3) is 23.7. The Kier molecular flexibility index (Phi) is 28.1. The fraction of sp³-hybridized carbons (Fsp3) is 0.414. The minimum absolute atomic E-state index is 0.00664. The average Bonchev–Trinajstić information content (AvgIpc) is 3.55. The normalized spacial score (nSPS) is 20.5. The summed E-state index contributed by atoms with van der Waals surface area (Å²) in [4.78, 5) is 138. The second-order valence-corrected chi connectivity index (χ2v) is 23.8. The third-order valence-electron chi connectivity index (χ3n) is 13.8. The van der Waals surface area contributed by atoms with Gasteiger partial charge in [-0.05, 0) is 110 Å². The van der Waals surface area contributed by atoms with E-state index in [1.54, 1.807) is 24.3 Å². The number of carboxylic acid groups (broad SMARTS) is 1. The van der Waals surface area contributed by atoms with E-state index >= 15 is 0 Å². The molecule has 0 saturated carbocycles. The lowest BCUT2D eigenvalue weighted by Crippen LogP contribution is -2.62. The minimum atomic E-state index is -1.79. The van der Waals surface area contributed by atoms with E-state index in [0.29, 0.717) is 53.1 Å². The number of carboxylic acids is 1. The maximum Gasteiger partial charge on any atom is 0.303 e. The van der Waals surface area contributed by atoms with Crippen molar-refractivity contribution in [2.24, 2.45) is 22.9 Å². The van der Waals surface area contributed by atoms with Crippen LogP contribution >= 0.6 is 33.2 Å². The Morgan fingerprint density at radius 3 is 1.71 bits per heavy atom. The quantitative estimate of drug-likeness (QED) is 0.0315. The second-order valence-electron chi connectivity index (χ2n) is 20.8. The molecule has 0 unspecified atom stereocenters. The molecule has 470 valence electrons. The van der Waals surface area contributed by atoms with E-state index in [9.17, 15) is 63.3 Å². The van der Waals surface area contributed by atoms with Crippen LogP contribution in [0, 0.1) is 0 Å². The Labute approximate surface area is 515 Å². The Morgan fingerprint density at radius 2 is 1.15 bits per heavy atom. The van der Waals surface area contributed by atoms with Crippen molar-refractivity contribution in [3.05, 3.63) is 124 Å². The number of primary amides is 1. The van der Waals surface area contributed by atoms with Gasteiger partial charge >= 0.3 is 5.97 Å². The molecule has 5 rings (SSSR count).